The largest absolute Gasteiger partial charge is 0.490 e. The number of aryl methyl sites for hydroxylation is 1. The monoisotopic (exact) mass is 452 g/mol. The molecule has 1 aliphatic heterocycles. The minimum atomic E-state index is -5.08. The van der Waals surface area contributed by atoms with Crippen LogP contribution in [0.15, 0.2) is 53.1 Å². The molecule has 1 N–H and O–H groups in total. The number of carboxylic acids is 1. The van der Waals surface area contributed by atoms with Gasteiger partial charge < -0.3 is 14.3 Å². The first-order valence-electron chi connectivity index (χ1n) is 9.79. The fourth-order valence-electron chi connectivity index (χ4n) is 3.46. The minimum Gasteiger partial charge on any atom is -0.475 e. The van der Waals surface area contributed by atoms with Crippen LogP contribution in [-0.2, 0) is 36.3 Å². The number of carboxylic acid groups (broad SMARTS) is 1. The molecule has 32 heavy (non-hydrogen) atoms. The highest BCUT2D eigenvalue weighted by atomic mass is 19.4. The van der Waals surface area contributed by atoms with Gasteiger partial charge in [0.05, 0.1) is 31.7 Å². The van der Waals surface area contributed by atoms with Crippen molar-refractivity contribution in [3.8, 4) is 0 Å². The lowest BCUT2D eigenvalue weighted by Gasteiger charge is -2.31. The molecular formula is C21H23F3N4O4. The topological polar surface area (TPSA) is 93.6 Å². The Morgan fingerprint density at radius 2 is 1.97 bits per heavy atom. The van der Waals surface area contributed by atoms with Crippen molar-refractivity contribution < 1.29 is 32.2 Å². The first-order valence-corrected chi connectivity index (χ1v) is 9.79. The van der Waals surface area contributed by atoms with Gasteiger partial charge in [0, 0.05) is 26.1 Å². The van der Waals surface area contributed by atoms with Crippen LogP contribution < -0.4 is 0 Å². The zero-order valence-corrected chi connectivity index (χ0v) is 17.3. The third-order valence-electron chi connectivity index (χ3n) is 4.82. The minimum absolute atomic E-state index is 0.252. The van der Waals surface area contributed by atoms with Crippen LogP contribution in [0.25, 0.3) is 0 Å². The molecule has 0 fully saturated rings. The normalized spacial score (nSPS) is 16.2. The third kappa shape index (κ3) is 6.41. The third-order valence-corrected chi connectivity index (χ3v) is 4.82. The van der Waals surface area contributed by atoms with E-state index in [2.05, 4.69) is 27.3 Å². The number of halogens is 3. The summed E-state index contributed by atoms with van der Waals surface area (Å²) in [4.78, 5) is 11.2. The summed E-state index contributed by atoms with van der Waals surface area (Å²) in [7, 11) is 1.96. The zero-order chi connectivity index (χ0) is 23.1. The van der Waals surface area contributed by atoms with Crippen molar-refractivity contribution in [1.29, 1.82) is 0 Å². The molecule has 0 bridgehead atoms. The first kappa shape index (κ1) is 23.5. The summed E-state index contributed by atoms with van der Waals surface area (Å²) < 4.78 is 45.1. The number of hydrogen-bond acceptors (Lipinski definition) is 6. The van der Waals surface area contributed by atoms with Crippen LogP contribution in [0.2, 0.25) is 0 Å². The number of furan rings is 1. The van der Waals surface area contributed by atoms with Crippen molar-refractivity contribution in [3.05, 3.63) is 71.4 Å². The van der Waals surface area contributed by atoms with Gasteiger partial charge in [-0.1, -0.05) is 35.5 Å². The van der Waals surface area contributed by atoms with E-state index in [-0.39, 0.29) is 5.92 Å². The molecular weight excluding hydrogens is 429 g/mol. The second-order valence-corrected chi connectivity index (χ2v) is 7.29. The molecule has 3 aromatic rings. The Hall–Kier alpha value is -3.18. The number of fused-ring (bicyclic) bond motifs is 1. The molecule has 0 saturated heterocycles. The molecule has 2 aromatic heterocycles. The molecule has 3 heterocycles. The lowest BCUT2D eigenvalue weighted by molar-refractivity contribution is -0.192. The zero-order valence-electron chi connectivity index (χ0n) is 17.3. The van der Waals surface area contributed by atoms with E-state index in [1.807, 2.05) is 42.1 Å². The SMILES string of the molecule is Cn1nnc2c1C(COCc1ccccc1)CN(Cc1ccco1)C2.O=C(O)C(F)(F)F. The van der Waals surface area contributed by atoms with Crippen molar-refractivity contribution >= 4 is 5.97 Å². The lowest BCUT2D eigenvalue weighted by Crippen LogP contribution is -2.35. The molecule has 0 aliphatic carbocycles. The highest BCUT2D eigenvalue weighted by Gasteiger charge is 2.38. The molecule has 172 valence electrons. The van der Waals surface area contributed by atoms with Crippen LogP contribution in [-0.4, -0.2) is 50.3 Å². The summed E-state index contributed by atoms with van der Waals surface area (Å²) >= 11 is 0. The Morgan fingerprint density at radius 1 is 1.25 bits per heavy atom. The quantitative estimate of drug-likeness (QED) is 0.613. The van der Waals surface area contributed by atoms with Crippen LogP contribution in [0.1, 0.15) is 28.6 Å². The number of ether oxygens (including phenoxy) is 1. The lowest BCUT2D eigenvalue weighted by atomic mass is 9.99. The molecule has 0 radical (unpaired) electrons. The summed E-state index contributed by atoms with van der Waals surface area (Å²) in [6.45, 7) is 3.74. The second-order valence-electron chi connectivity index (χ2n) is 7.29. The average Bonchev–Trinajstić information content (AvgIpc) is 3.38. The van der Waals surface area contributed by atoms with Crippen molar-refractivity contribution in [2.24, 2.45) is 7.05 Å². The number of alkyl halides is 3. The van der Waals surface area contributed by atoms with Crippen LogP contribution in [0.3, 0.4) is 0 Å². The van der Waals surface area contributed by atoms with Gasteiger partial charge in [0.2, 0.25) is 0 Å². The van der Waals surface area contributed by atoms with E-state index in [1.165, 1.54) is 11.3 Å². The molecule has 0 amide bonds. The van der Waals surface area contributed by atoms with Gasteiger partial charge in [0.25, 0.3) is 0 Å². The van der Waals surface area contributed by atoms with Crippen LogP contribution in [0.5, 0.6) is 0 Å². The summed E-state index contributed by atoms with van der Waals surface area (Å²) in [6, 6.07) is 14.2. The van der Waals surface area contributed by atoms with E-state index in [0.29, 0.717) is 13.2 Å². The Kier molecular flexibility index (Phi) is 7.65. The second kappa shape index (κ2) is 10.4. The molecule has 0 spiro atoms. The van der Waals surface area contributed by atoms with Crippen LogP contribution in [0.4, 0.5) is 13.2 Å². The molecule has 1 unspecified atom stereocenters. The molecule has 11 heteroatoms. The predicted octanol–water partition coefficient (Wildman–Crippen LogP) is 3.36. The maximum Gasteiger partial charge on any atom is 0.490 e. The number of benzene rings is 1. The smallest absolute Gasteiger partial charge is 0.475 e. The van der Waals surface area contributed by atoms with E-state index in [1.54, 1.807) is 6.26 Å². The van der Waals surface area contributed by atoms with E-state index >= 15 is 0 Å². The molecule has 8 nitrogen and oxygen atoms in total. The summed E-state index contributed by atoms with van der Waals surface area (Å²) in [6.07, 6.45) is -3.37. The number of aliphatic carboxylic acids is 1. The highest BCUT2D eigenvalue weighted by molar-refractivity contribution is 5.73. The first-order chi connectivity index (χ1) is 15.2. The maximum atomic E-state index is 10.6. The molecule has 1 atom stereocenters. The summed E-state index contributed by atoms with van der Waals surface area (Å²) in [5.41, 5.74) is 3.41. The number of rotatable bonds is 6. The Morgan fingerprint density at radius 3 is 2.59 bits per heavy atom. The van der Waals surface area contributed by atoms with Crippen molar-refractivity contribution in [2.75, 3.05) is 13.2 Å². The van der Waals surface area contributed by atoms with Crippen molar-refractivity contribution in [3.63, 3.8) is 0 Å². The van der Waals surface area contributed by atoms with E-state index < -0.39 is 12.1 Å². The van der Waals surface area contributed by atoms with E-state index in [0.717, 1.165) is 31.1 Å². The maximum absolute atomic E-state index is 10.6. The van der Waals surface area contributed by atoms with Gasteiger partial charge in [-0.2, -0.15) is 13.2 Å². The van der Waals surface area contributed by atoms with Crippen molar-refractivity contribution in [1.82, 2.24) is 19.9 Å². The van der Waals surface area contributed by atoms with Gasteiger partial charge in [-0.3, -0.25) is 9.58 Å². The van der Waals surface area contributed by atoms with Gasteiger partial charge in [-0.25, -0.2) is 4.79 Å². The molecule has 4 rings (SSSR count). The fourth-order valence-corrected chi connectivity index (χ4v) is 3.46. The van der Waals surface area contributed by atoms with E-state index in [9.17, 15) is 13.2 Å². The van der Waals surface area contributed by atoms with Gasteiger partial charge in [-0.05, 0) is 17.7 Å². The number of carbonyl (C=O) groups is 1. The predicted molar refractivity (Wildman–Crippen MR) is 106 cm³/mol. The Balaban J connectivity index is 0.000000360. The van der Waals surface area contributed by atoms with Crippen molar-refractivity contribution in [2.45, 2.75) is 31.8 Å². The Labute approximate surface area is 182 Å². The highest BCUT2D eigenvalue weighted by Crippen LogP contribution is 2.28. The number of aromatic nitrogens is 3. The number of nitrogens with zero attached hydrogens (tertiary/aromatic N) is 4. The van der Waals surface area contributed by atoms with Crippen LogP contribution >= 0.6 is 0 Å². The summed E-state index contributed by atoms with van der Waals surface area (Å²) in [5.74, 6) is -1.54. The Bertz CT molecular complexity index is 990. The van der Waals surface area contributed by atoms with Gasteiger partial charge in [0.1, 0.15) is 11.5 Å². The standard InChI is InChI=1S/C19H22N4O2.C2HF3O2/c1-22-19-16(14-24-13-15-6-3-2-4-7-15)10-23(12-18(19)20-21-22)11-17-8-5-9-25-17;3-2(4,5)1(6)7/h2-9,16H,10-14H2,1H3;(H,6,7). The fraction of sp³-hybridized carbons (Fsp3) is 0.381. The van der Waals surface area contributed by atoms with E-state index in [4.69, 9.17) is 19.1 Å². The average molecular weight is 452 g/mol. The molecule has 0 saturated carbocycles. The van der Waals surface area contributed by atoms with Gasteiger partial charge >= 0.3 is 12.1 Å². The summed E-state index contributed by atoms with van der Waals surface area (Å²) in [5, 5.41) is 15.7. The van der Waals surface area contributed by atoms with Gasteiger partial charge in [-0.15, -0.1) is 5.10 Å². The number of hydrogen-bond donors (Lipinski definition) is 1. The molecule has 1 aromatic carbocycles. The molecule has 1 aliphatic rings. The van der Waals surface area contributed by atoms with Crippen LogP contribution in [0, 0.1) is 0 Å². The van der Waals surface area contributed by atoms with Gasteiger partial charge in [0.15, 0.2) is 0 Å².